The van der Waals surface area contributed by atoms with Crippen LogP contribution in [0.25, 0.3) is 0 Å². The van der Waals surface area contributed by atoms with E-state index >= 15 is 0 Å². The predicted molar refractivity (Wildman–Crippen MR) is 93.1 cm³/mol. The van der Waals surface area contributed by atoms with E-state index in [1.807, 2.05) is 0 Å². The fourth-order valence-electron chi connectivity index (χ4n) is 3.57. The van der Waals surface area contributed by atoms with E-state index in [0.29, 0.717) is 17.0 Å². The van der Waals surface area contributed by atoms with Crippen molar-refractivity contribution in [3.05, 3.63) is 16.0 Å². The maximum atomic E-state index is 12.3. The monoisotopic (exact) mass is 353 g/mol. The molecule has 0 bridgehead atoms. The molecule has 0 atom stereocenters. The number of nitrogens with one attached hydrogen (secondary N) is 3. The Morgan fingerprint density at radius 1 is 1.21 bits per heavy atom. The molecule has 1 saturated heterocycles. The van der Waals surface area contributed by atoms with Gasteiger partial charge in [-0.05, 0) is 24.8 Å². The quantitative estimate of drug-likeness (QED) is 0.581. The molecule has 0 spiro atoms. The molecule has 3 rings (SSSR count). The normalized spacial score (nSPS) is 22.9. The minimum absolute atomic E-state index is 0.00106. The van der Waals surface area contributed by atoms with E-state index in [1.54, 1.807) is 4.90 Å². The van der Waals surface area contributed by atoms with Crippen molar-refractivity contribution < 1.29 is 24.1 Å². The van der Waals surface area contributed by atoms with Crippen molar-refractivity contribution in [1.82, 2.24) is 0 Å². The van der Waals surface area contributed by atoms with Gasteiger partial charge in [0.2, 0.25) is 5.91 Å². The molecule has 1 aromatic rings. The van der Waals surface area contributed by atoms with E-state index in [2.05, 4.69) is 12.4 Å². The van der Waals surface area contributed by atoms with Crippen LogP contribution in [0.5, 0.6) is 0 Å². The second-order valence-electron chi connectivity index (χ2n) is 6.81. The maximum absolute atomic E-state index is 12.3. The highest BCUT2D eigenvalue weighted by Crippen LogP contribution is 2.39. The second-order valence-corrected chi connectivity index (χ2v) is 7.91. The molecule has 2 heterocycles. The molecule has 1 aliphatic carbocycles. The number of piperazine rings is 1. The minimum Gasteiger partial charge on any atom is -0.465 e. The van der Waals surface area contributed by atoms with Crippen LogP contribution < -0.4 is 15.1 Å². The summed E-state index contributed by atoms with van der Waals surface area (Å²) >= 11 is 1.54. The third kappa shape index (κ3) is 3.79. The molecule has 1 aromatic heterocycles. The molecular weight excluding hydrogens is 326 g/mol. The summed E-state index contributed by atoms with van der Waals surface area (Å²) in [5.41, 5.74) is 1.66. The number of thiophene rings is 1. The van der Waals surface area contributed by atoms with Crippen LogP contribution in [0.4, 0.5) is 5.00 Å². The maximum Gasteiger partial charge on any atom is 0.341 e. The van der Waals surface area contributed by atoms with Gasteiger partial charge in [-0.1, -0.05) is 0 Å². The number of carbonyl (C=O) groups excluding carboxylic acids is 2. The first kappa shape index (κ1) is 17.4. The molecule has 2 aliphatic rings. The highest BCUT2D eigenvalue weighted by molar-refractivity contribution is 7.17. The number of amides is 1. The van der Waals surface area contributed by atoms with Gasteiger partial charge >= 0.3 is 5.97 Å². The molecule has 1 amide bonds. The number of quaternary nitrogens is 2. The Labute approximate surface area is 146 Å². The summed E-state index contributed by atoms with van der Waals surface area (Å²) in [4.78, 5) is 28.7. The van der Waals surface area contributed by atoms with Crippen molar-refractivity contribution in [2.75, 3.05) is 52.2 Å². The number of likely N-dealkylation sites (N-methyl/N-ethyl adjacent to an activating group) is 1. The van der Waals surface area contributed by atoms with E-state index in [4.69, 9.17) is 4.74 Å². The number of methoxy groups -OCH3 is 1. The summed E-state index contributed by atoms with van der Waals surface area (Å²) in [6.45, 7) is 5.44. The Hall–Kier alpha value is -1.44. The molecule has 7 heteroatoms. The van der Waals surface area contributed by atoms with Crippen molar-refractivity contribution in [3.63, 3.8) is 0 Å². The standard InChI is InChI=1S/C17H25N3O3S/c1-19-8-10-20(11-9-19)7-6-14(21)18-16-15(17(22)23-2)12-4-3-5-13(12)24-16/h3-11H2,1-2H3,(H,18,21)/p+2. The van der Waals surface area contributed by atoms with Crippen LogP contribution in [0.15, 0.2) is 0 Å². The Bertz CT molecular complexity index is 621. The minimum atomic E-state index is -0.336. The van der Waals surface area contributed by atoms with Crippen LogP contribution in [0.3, 0.4) is 0 Å². The van der Waals surface area contributed by atoms with Gasteiger partial charge in [-0.2, -0.15) is 0 Å². The SMILES string of the molecule is COC(=O)c1c(NC(=O)CC[NH+]2CC[NH+](C)CC2)sc2c1CCC2. The first-order valence-electron chi connectivity index (χ1n) is 8.76. The van der Waals surface area contributed by atoms with E-state index in [1.165, 1.54) is 41.3 Å². The van der Waals surface area contributed by atoms with Gasteiger partial charge in [0.25, 0.3) is 0 Å². The van der Waals surface area contributed by atoms with Crippen LogP contribution >= 0.6 is 11.3 Å². The zero-order chi connectivity index (χ0) is 17.1. The van der Waals surface area contributed by atoms with E-state index in [0.717, 1.165) is 44.5 Å². The molecule has 24 heavy (non-hydrogen) atoms. The lowest BCUT2D eigenvalue weighted by molar-refractivity contribution is -1.00. The first-order chi connectivity index (χ1) is 11.6. The topological polar surface area (TPSA) is 64.3 Å². The number of fused-ring (bicyclic) bond motifs is 1. The third-order valence-corrected chi connectivity index (χ3v) is 6.29. The highest BCUT2D eigenvalue weighted by atomic mass is 32.1. The van der Waals surface area contributed by atoms with Gasteiger partial charge in [0.15, 0.2) is 0 Å². The van der Waals surface area contributed by atoms with Gasteiger partial charge in [0.05, 0.1) is 32.7 Å². The van der Waals surface area contributed by atoms with Crippen molar-refractivity contribution in [2.24, 2.45) is 0 Å². The molecule has 0 saturated carbocycles. The molecule has 1 aliphatic heterocycles. The van der Waals surface area contributed by atoms with Crippen LogP contribution in [-0.4, -0.2) is 58.8 Å². The lowest BCUT2D eigenvalue weighted by Crippen LogP contribution is -3.27. The van der Waals surface area contributed by atoms with Gasteiger partial charge in [-0.15, -0.1) is 11.3 Å². The number of ether oxygens (including phenoxy) is 1. The van der Waals surface area contributed by atoms with Crippen LogP contribution in [0.1, 0.15) is 33.6 Å². The fraction of sp³-hybridized carbons (Fsp3) is 0.647. The van der Waals surface area contributed by atoms with E-state index in [-0.39, 0.29) is 11.9 Å². The molecule has 0 aromatic carbocycles. The second kappa shape index (κ2) is 7.63. The largest absolute Gasteiger partial charge is 0.465 e. The lowest BCUT2D eigenvalue weighted by Gasteiger charge is -2.27. The number of esters is 1. The summed E-state index contributed by atoms with van der Waals surface area (Å²) in [6.07, 6.45) is 3.47. The molecule has 1 fully saturated rings. The van der Waals surface area contributed by atoms with Crippen LogP contribution in [0.2, 0.25) is 0 Å². The van der Waals surface area contributed by atoms with Crippen molar-refractivity contribution in [1.29, 1.82) is 0 Å². The van der Waals surface area contributed by atoms with Gasteiger partial charge in [-0.3, -0.25) is 4.79 Å². The Balaban J connectivity index is 1.59. The summed E-state index contributed by atoms with van der Waals surface area (Å²) in [5, 5.41) is 3.64. The van der Waals surface area contributed by atoms with Crippen molar-refractivity contribution in [2.45, 2.75) is 25.7 Å². The zero-order valence-corrected chi connectivity index (χ0v) is 15.3. The Kier molecular flexibility index (Phi) is 5.53. The molecule has 3 N–H and O–H groups in total. The van der Waals surface area contributed by atoms with Crippen LogP contribution in [0, 0.1) is 0 Å². The smallest absolute Gasteiger partial charge is 0.341 e. The number of anilines is 1. The molecular formula is C17H27N3O3S+2. The van der Waals surface area contributed by atoms with Gasteiger partial charge in [0.1, 0.15) is 31.2 Å². The summed E-state index contributed by atoms with van der Waals surface area (Å²) in [6, 6.07) is 0. The molecule has 0 unspecified atom stereocenters. The van der Waals surface area contributed by atoms with Crippen LogP contribution in [-0.2, 0) is 22.4 Å². The van der Waals surface area contributed by atoms with E-state index in [9.17, 15) is 9.59 Å². The number of carbonyl (C=O) groups is 2. The van der Waals surface area contributed by atoms with Gasteiger partial charge in [-0.25, -0.2) is 4.79 Å². The average Bonchev–Trinajstić information content (AvgIpc) is 3.14. The first-order valence-corrected chi connectivity index (χ1v) is 9.57. The number of hydrogen-bond donors (Lipinski definition) is 3. The number of rotatable bonds is 5. The molecule has 6 nitrogen and oxygen atoms in total. The third-order valence-electron chi connectivity index (χ3n) is 5.08. The lowest BCUT2D eigenvalue weighted by atomic mass is 10.1. The fourth-order valence-corrected chi connectivity index (χ4v) is 4.86. The average molecular weight is 353 g/mol. The molecule has 132 valence electrons. The zero-order valence-electron chi connectivity index (χ0n) is 14.5. The number of aryl methyl sites for hydroxylation is 1. The van der Waals surface area contributed by atoms with Gasteiger partial charge in [0, 0.05) is 4.88 Å². The molecule has 0 radical (unpaired) electrons. The summed E-state index contributed by atoms with van der Waals surface area (Å²) < 4.78 is 4.92. The summed E-state index contributed by atoms with van der Waals surface area (Å²) in [5.74, 6) is -0.337. The predicted octanol–water partition coefficient (Wildman–Crippen LogP) is -1.23. The summed E-state index contributed by atoms with van der Waals surface area (Å²) in [7, 11) is 3.61. The number of hydrogen-bond acceptors (Lipinski definition) is 4. The van der Waals surface area contributed by atoms with Crippen molar-refractivity contribution >= 4 is 28.2 Å². The highest BCUT2D eigenvalue weighted by Gasteiger charge is 2.28. The van der Waals surface area contributed by atoms with Gasteiger partial charge < -0.3 is 19.9 Å². The Morgan fingerprint density at radius 2 is 1.96 bits per heavy atom. The van der Waals surface area contributed by atoms with E-state index < -0.39 is 0 Å². The van der Waals surface area contributed by atoms with Crippen molar-refractivity contribution in [3.8, 4) is 0 Å². The Morgan fingerprint density at radius 3 is 2.67 bits per heavy atom.